The smallest absolute Gasteiger partial charge is 0.335 e. The monoisotopic (exact) mass is 1090 g/mol. The largest absolute Gasteiger partial charge is 0.481 e. The van der Waals surface area contributed by atoms with Crippen molar-refractivity contribution >= 4 is 29.7 Å². The summed E-state index contributed by atoms with van der Waals surface area (Å²) >= 11 is 0. The Labute approximate surface area is 456 Å². The molecule has 0 radical (unpaired) electrons. The molecule has 2 saturated heterocycles. The van der Waals surface area contributed by atoms with E-state index in [0.717, 1.165) is 56.9 Å². The molecular formula is C60H96O17. The van der Waals surface area contributed by atoms with Gasteiger partial charge >= 0.3 is 23.9 Å². The number of rotatable bonds is 24. The molecule has 7 aliphatic rings. The third-order valence-electron chi connectivity index (χ3n) is 21.4. The molecule has 0 aromatic carbocycles. The lowest BCUT2D eigenvalue weighted by Crippen LogP contribution is -2.68. The zero-order valence-electron chi connectivity index (χ0n) is 47.6. The van der Waals surface area contributed by atoms with Crippen LogP contribution in [0.4, 0.5) is 0 Å². The van der Waals surface area contributed by atoms with Crippen LogP contribution in [0.5, 0.6) is 0 Å². The van der Waals surface area contributed by atoms with Crippen LogP contribution in [0.25, 0.3) is 0 Å². The van der Waals surface area contributed by atoms with E-state index in [1.165, 1.54) is 57.8 Å². The van der Waals surface area contributed by atoms with Crippen LogP contribution < -0.4 is 0 Å². The Hall–Kier alpha value is -3.03. The summed E-state index contributed by atoms with van der Waals surface area (Å²) in [5.74, 6) is -5.32. The molecule has 6 fully saturated rings. The number of allylic oxidation sites excluding steroid dienone is 2. The van der Waals surface area contributed by atoms with Gasteiger partial charge in [-0.15, -0.1) is 0 Å². The Bertz CT molecular complexity index is 2130. The lowest BCUT2D eigenvalue weighted by atomic mass is 9.33. The summed E-state index contributed by atoms with van der Waals surface area (Å²) in [5, 5.41) is 74.9. The Morgan fingerprint density at radius 1 is 0.610 bits per heavy atom. The van der Waals surface area contributed by atoms with Gasteiger partial charge in [0.05, 0.1) is 11.5 Å². The van der Waals surface area contributed by atoms with E-state index in [2.05, 4.69) is 34.6 Å². The molecule has 2 heterocycles. The summed E-state index contributed by atoms with van der Waals surface area (Å²) in [6.45, 7) is 17.2. The molecular weight excluding hydrogens is 993 g/mol. The topological polar surface area (TPSA) is 273 Å². The molecule has 2 aliphatic heterocycles. The molecule has 4 saturated carbocycles. The zero-order chi connectivity index (χ0) is 56.5. The summed E-state index contributed by atoms with van der Waals surface area (Å²) in [5.41, 5.74) is -1.99. The lowest BCUT2D eigenvalue weighted by molar-refractivity contribution is -0.371. The highest BCUT2D eigenvalue weighted by Gasteiger charge is 2.71. The number of fused-ring (bicyclic) bond motifs is 7. The number of ether oxygens (including phenoxy) is 5. The molecule has 0 spiro atoms. The standard InChI is InChI=1S/C60H96O17/c1-9-10-11-12-13-14-15-16-17-18-19-20-21-22-23-24-40(62)74-45-44(66)47(51(69)70)76-53(48(45)77-52-43(65)41(63)42(64)46(75-52)50(67)68)73-39-26-27-58(6)38(55(39,2)3)25-28-60(8)49(58)37(61)33-35-36-34-57(5,54(71)72)30-29-56(36,4)31-32-59(35,60)7/h33,36,38-39,41-49,52-53,63-66H,9-32,34H2,1-8H3,(H,67,68)(H,69,70)(H,71,72)/t36-,38-,39-,41-,42-,43+,44-,45-,46-,47-,48+,49+,52-,53-,56+,57-,58-,59+,60+/m0/s1. The third-order valence-corrected chi connectivity index (χ3v) is 21.4. The maximum atomic E-state index is 15.1. The average molecular weight is 1090 g/mol. The van der Waals surface area contributed by atoms with E-state index in [1.54, 1.807) is 0 Å². The van der Waals surface area contributed by atoms with Gasteiger partial charge in [-0.3, -0.25) is 14.4 Å². The minimum atomic E-state index is -2.07. The number of unbranched alkanes of at least 4 members (excludes halogenated alkanes) is 14. The summed E-state index contributed by atoms with van der Waals surface area (Å²) in [7, 11) is 0. The fourth-order valence-corrected chi connectivity index (χ4v) is 16.3. The van der Waals surface area contributed by atoms with Gasteiger partial charge in [0.25, 0.3) is 0 Å². The molecule has 19 atom stereocenters. The maximum absolute atomic E-state index is 15.1. The number of aliphatic hydroxyl groups is 4. The first-order valence-corrected chi connectivity index (χ1v) is 29.7. The number of carbonyl (C=O) groups excluding carboxylic acids is 2. The number of ketones is 1. The first-order valence-electron chi connectivity index (χ1n) is 29.7. The summed E-state index contributed by atoms with van der Waals surface area (Å²) in [6.07, 6.45) is 4.35. The van der Waals surface area contributed by atoms with Crippen molar-refractivity contribution < 1.29 is 83.4 Å². The molecule has 77 heavy (non-hydrogen) atoms. The van der Waals surface area contributed by atoms with Gasteiger partial charge in [-0.25, -0.2) is 9.59 Å². The summed E-state index contributed by atoms with van der Waals surface area (Å²) in [4.78, 5) is 66.5. The number of carbonyl (C=O) groups is 5. The van der Waals surface area contributed by atoms with E-state index >= 15 is 4.79 Å². The predicted octanol–water partition coefficient (Wildman–Crippen LogP) is 9.06. The zero-order valence-corrected chi connectivity index (χ0v) is 47.6. The third kappa shape index (κ3) is 12.1. The predicted molar refractivity (Wildman–Crippen MR) is 283 cm³/mol. The summed E-state index contributed by atoms with van der Waals surface area (Å²) in [6, 6.07) is 0. The van der Waals surface area contributed by atoms with Crippen molar-refractivity contribution in [1.29, 1.82) is 0 Å². The van der Waals surface area contributed by atoms with E-state index in [9.17, 15) is 54.9 Å². The highest BCUT2D eigenvalue weighted by atomic mass is 16.8. The first kappa shape index (κ1) is 61.6. The molecule has 0 unspecified atom stereocenters. The number of hydrogen-bond donors (Lipinski definition) is 7. The number of aliphatic hydroxyl groups excluding tert-OH is 4. The van der Waals surface area contributed by atoms with E-state index < -0.39 is 113 Å². The molecule has 17 heteroatoms. The highest BCUT2D eigenvalue weighted by Crippen LogP contribution is 2.75. The number of carboxylic acids is 3. The van der Waals surface area contributed by atoms with Gasteiger partial charge < -0.3 is 59.4 Å². The van der Waals surface area contributed by atoms with Crippen LogP contribution in [0.1, 0.15) is 216 Å². The fourth-order valence-electron chi connectivity index (χ4n) is 16.3. The second kappa shape index (κ2) is 24.6. The van der Waals surface area contributed by atoms with Crippen molar-refractivity contribution in [2.24, 2.45) is 50.2 Å². The van der Waals surface area contributed by atoms with Crippen LogP contribution in [0.15, 0.2) is 11.6 Å². The molecule has 0 aromatic rings. The van der Waals surface area contributed by atoms with Crippen LogP contribution in [0.3, 0.4) is 0 Å². The van der Waals surface area contributed by atoms with Gasteiger partial charge in [0.2, 0.25) is 0 Å². The van der Waals surface area contributed by atoms with Crippen molar-refractivity contribution in [3.05, 3.63) is 11.6 Å². The van der Waals surface area contributed by atoms with E-state index in [-0.39, 0.29) is 40.8 Å². The number of aliphatic carboxylic acids is 3. The highest BCUT2D eigenvalue weighted by molar-refractivity contribution is 5.95. The van der Waals surface area contributed by atoms with Crippen LogP contribution in [0.2, 0.25) is 0 Å². The van der Waals surface area contributed by atoms with Crippen molar-refractivity contribution in [1.82, 2.24) is 0 Å². The van der Waals surface area contributed by atoms with E-state index in [1.807, 2.05) is 26.8 Å². The number of hydrogen-bond acceptors (Lipinski definition) is 14. The van der Waals surface area contributed by atoms with E-state index in [4.69, 9.17) is 23.7 Å². The van der Waals surface area contributed by atoms with Gasteiger partial charge in [-0.05, 0) is 116 Å². The van der Waals surface area contributed by atoms with Crippen molar-refractivity contribution in [2.45, 2.75) is 283 Å². The minimum absolute atomic E-state index is 0.0387. The molecule has 0 amide bonds. The van der Waals surface area contributed by atoms with Gasteiger partial charge in [-0.2, -0.15) is 0 Å². The molecule has 5 aliphatic carbocycles. The van der Waals surface area contributed by atoms with Crippen molar-refractivity contribution in [3.8, 4) is 0 Å². The molecule has 0 aromatic heterocycles. The van der Waals surface area contributed by atoms with Crippen LogP contribution in [-0.2, 0) is 47.7 Å². The summed E-state index contributed by atoms with van der Waals surface area (Å²) < 4.78 is 30.5. The van der Waals surface area contributed by atoms with Crippen LogP contribution >= 0.6 is 0 Å². The van der Waals surface area contributed by atoms with Gasteiger partial charge in [0, 0.05) is 12.3 Å². The minimum Gasteiger partial charge on any atom is -0.481 e. The SMILES string of the molecule is CCCCCCCCCCCCCCCCCC(=O)O[C@H]1[C@H](O)[C@@H](C(=O)O)O[C@H](O[C@H]2CC[C@]3(C)[C@H]4C(=O)C=C5[C@@H]6C[C@@](C)(C(=O)O)CC[C@]6(C)CC[C@@]5(C)[C@]4(C)CC[C@H]3C2(C)C)[C@@H]1O[C@@H]1O[C@H](C(=O)O)[C@@H](O)[C@H](O)[C@H]1O. The molecule has 17 nitrogen and oxygen atoms in total. The Balaban J connectivity index is 1.07. The van der Waals surface area contributed by atoms with Crippen LogP contribution in [-0.4, -0.2) is 133 Å². The van der Waals surface area contributed by atoms with Crippen molar-refractivity contribution in [2.75, 3.05) is 0 Å². The first-order chi connectivity index (χ1) is 36.2. The average Bonchev–Trinajstić information content (AvgIpc) is 3.40. The fraction of sp³-hybridized carbons (Fsp3) is 0.883. The van der Waals surface area contributed by atoms with Gasteiger partial charge in [0.15, 0.2) is 42.8 Å². The number of carboxylic acid groups (broad SMARTS) is 3. The van der Waals surface area contributed by atoms with Crippen LogP contribution in [0, 0.1) is 50.2 Å². The molecule has 0 bridgehead atoms. The molecule has 7 rings (SSSR count). The number of esters is 1. The quantitative estimate of drug-likeness (QED) is 0.0270. The molecule has 438 valence electrons. The Morgan fingerprint density at radius 3 is 1.73 bits per heavy atom. The van der Waals surface area contributed by atoms with Gasteiger partial charge in [0.1, 0.15) is 24.4 Å². The van der Waals surface area contributed by atoms with Gasteiger partial charge in [-0.1, -0.05) is 144 Å². The normalized spacial score (nSPS) is 42.4. The second-order valence-corrected chi connectivity index (χ2v) is 26.8. The van der Waals surface area contributed by atoms with E-state index in [0.29, 0.717) is 44.9 Å². The Kier molecular flexibility index (Phi) is 19.7. The Morgan fingerprint density at radius 2 is 1.16 bits per heavy atom. The lowest BCUT2D eigenvalue weighted by Gasteiger charge is -2.70. The van der Waals surface area contributed by atoms with Crippen molar-refractivity contribution in [3.63, 3.8) is 0 Å². The molecule has 7 N–H and O–H groups in total. The second-order valence-electron chi connectivity index (χ2n) is 26.8. The maximum Gasteiger partial charge on any atom is 0.335 e.